The first kappa shape index (κ1) is 10.2. The molecule has 0 aliphatic heterocycles. The highest BCUT2D eigenvalue weighted by Crippen LogP contribution is 1.91. The van der Waals surface area contributed by atoms with E-state index in [1.165, 1.54) is 0 Å². The Morgan fingerprint density at radius 3 is 2.55 bits per heavy atom. The molecule has 0 amide bonds. The zero-order valence-corrected chi connectivity index (χ0v) is 6.27. The van der Waals surface area contributed by atoms with Gasteiger partial charge >= 0.3 is 0 Å². The van der Waals surface area contributed by atoms with Crippen molar-refractivity contribution in [3.05, 3.63) is 10.4 Å². The van der Waals surface area contributed by atoms with E-state index >= 15 is 0 Å². The zero-order chi connectivity index (χ0) is 8.91. The van der Waals surface area contributed by atoms with Gasteiger partial charge < -0.3 is 5.11 Å². The van der Waals surface area contributed by atoms with Crippen LogP contribution in [0.5, 0.6) is 0 Å². The number of rotatable bonds is 4. The van der Waals surface area contributed by atoms with Crippen molar-refractivity contribution < 1.29 is 18.1 Å². The summed E-state index contributed by atoms with van der Waals surface area (Å²) in [6, 6.07) is 0. The second-order valence-electron chi connectivity index (χ2n) is 1.82. The molecule has 0 saturated heterocycles. The van der Waals surface area contributed by atoms with Crippen LogP contribution in [0.25, 0.3) is 10.4 Å². The molecule has 0 aliphatic carbocycles. The van der Waals surface area contributed by atoms with E-state index < -0.39 is 22.0 Å². The van der Waals surface area contributed by atoms with Gasteiger partial charge in [-0.05, 0) is 5.53 Å². The van der Waals surface area contributed by atoms with Crippen molar-refractivity contribution >= 4 is 10.1 Å². The normalized spacial score (nSPS) is 13.6. The van der Waals surface area contributed by atoms with Crippen molar-refractivity contribution in [3.63, 3.8) is 0 Å². The Kier molecular flexibility index (Phi) is 3.83. The summed E-state index contributed by atoms with van der Waals surface area (Å²) >= 11 is 0. The average Bonchev–Trinajstić information content (AvgIpc) is 1.79. The van der Waals surface area contributed by atoms with Crippen molar-refractivity contribution in [2.45, 2.75) is 6.10 Å². The lowest BCUT2D eigenvalue weighted by Crippen LogP contribution is -2.22. The average molecular weight is 181 g/mol. The molecule has 0 saturated carbocycles. The van der Waals surface area contributed by atoms with Gasteiger partial charge in [0.05, 0.1) is 12.6 Å². The molecule has 0 radical (unpaired) electrons. The summed E-state index contributed by atoms with van der Waals surface area (Å²) in [5, 5.41) is 11.6. The van der Waals surface area contributed by atoms with Crippen LogP contribution in [0.3, 0.4) is 0 Å². The minimum atomic E-state index is -4.19. The number of azide groups is 1. The Morgan fingerprint density at radius 1 is 1.64 bits per heavy atom. The molecule has 1 unspecified atom stereocenters. The predicted octanol–water partition coefficient (Wildman–Crippen LogP) is -0.455. The second kappa shape index (κ2) is 4.14. The summed E-state index contributed by atoms with van der Waals surface area (Å²) in [6.45, 7) is -0.365. The van der Waals surface area contributed by atoms with Crippen LogP contribution < -0.4 is 0 Å². The van der Waals surface area contributed by atoms with Gasteiger partial charge in [-0.1, -0.05) is 5.11 Å². The molecule has 8 heteroatoms. The molecule has 0 heterocycles. The lowest BCUT2D eigenvalue weighted by molar-refractivity contribution is 0.203. The topological polar surface area (TPSA) is 123 Å². The smallest absolute Gasteiger partial charge is 0.267 e. The van der Waals surface area contributed by atoms with Crippen LogP contribution in [0.15, 0.2) is 5.11 Å². The van der Waals surface area contributed by atoms with E-state index in [2.05, 4.69) is 10.0 Å². The standard InChI is InChI=1S/C3H7N3O4S/c4-6-5-1-3(7)2-11(8,9)10/h3,7H,1-2H2,(H,8,9,10). The van der Waals surface area contributed by atoms with E-state index in [1.807, 2.05) is 0 Å². The Hall–Kier alpha value is -0.820. The highest BCUT2D eigenvalue weighted by atomic mass is 32.2. The van der Waals surface area contributed by atoms with Gasteiger partial charge in [0.1, 0.15) is 5.75 Å². The summed E-state index contributed by atoms with van der Waals surface area (Å²) in [7, 11) is -4.19. The monoisotopic (exact) mass is 181 g/mol. The van der Waals surface area contributed by atoms with Crippen LogP contribution in [-0.2, 0) is 10.1 Å². The van der Waals surface area contributed by atoms with Gasteiger partial charge in [-0.25, -0.2) is 0 Å². The third-order valence-corrected chi connectivity index (χ3v) is 1.56. The van der Waals surface area contributed by atoms with E-state index in [9.17, 15) is 8.42 Å². The highest BCUT2D eigenvalue weighted by Gasteiger charge is 2.12. The molecule has 0 aromatic carbocycles. The van der Waals surface area contributed by atoms with Crippen LogP contribution in [-0.4, -0.2) is 36.5 Å². The van der Waals surface area contributed by atoms with Gasteiger partial charge in [-0.2, -0.15) is 8.42 Å². The van der Waals surface area contributed by atoms with E-state index in [0.717, 1.165) is 0 Å². The molecule has 1 atom stereocenters. The molecular weight excluding hydrogens is 174 g/mol. The maximum atomic E-state index is 10.1. The van der Waals surface area contributed by atoms with Gasteiger partial charge in [0.2, 0.25) is 0 Å². The molecule has 0 aromatic rings. The number of hydrogen-bond donors (Lipinski definition) is 2. The van der Waals surface area contributed by atoms with Gasteiger partial charge in [0.15, 0.2) is 0 Å². The van der Waals surface area contributed by atoms with Gasteiger partial charge in [0, 0.05) is 4.91 Å². The molecule has 0 aromatic heterocycles. The predicted molar refractivity (Wildman–Crippen MR) is 36.4 cm³/mol. The number of hydrogen-bond acceptors (Lipinski definition) is 4. The lowest BCUT2D eigenvalue weighted by atomic mass is 10.4. The first-order valence-electron chi connectivity index (χ1n) is 2.60. The van der Waals surface area contributed by atoms with Crippen LogP contribution in [0, 0.1) is 0 Å². The number of nitrogens with zero attached hydrogens (tertiary/aromatic N) is 3. The Bertz CT molecular complexity index is 254. The Balaban J connectivity index is 3.88. The molecular formula is C3H7N3O4S. The quantitative estimate of drug-likeness (QED) is 0.263. The Labute approximate surface area is 63.0 Å². The summed E-state index contributed by atoms with van der Waals surface area (Å²) in [5.41, 5.74) is 7.75. The number of aliphatic hydroxyl groups is 1. The minimum absolute atomic E-state index is 0.365. The molecule has 11 heavy (non-hydrogen) atoms. The lowest BCUT2D eigenvalue weighted by Gasteiger charge is -2.02. The first-order valence-corrected chi connectivity index (χ1v) is 4.20. The Morgan fingerprint density at radius 2 is 2.18 bits per heavy atom. The number of aliphatic hydroxyl groups excluding tert-OH is 1. The second-order valence-corrected chi connectivity index (χ2v) is 3.31. The fourth-order valence-corrected chi connectivity index (χ4v) is 1.02. The van der Waals surface area contributed by atoms with Crippen LogP contribution in [0.2, 0.25) is 0 Å². The molecule has 0 aliphatic rings. The fourth-order valence-electron chi connectivity index (χ4n) is 0.427. The van der Waals surface area contributed by atoms with Gasteiger partial charge in [0.25, 0.3) is 10.1 Å². The maximum Gasteiger partial charge on any atom is 0.267 e. The van der Waals surface area contributed by atoms with Crippen molar-refractivity contribution in [3.8, 4) is 0 Å². The fraction of sp³-hybridized carbons (Fsp3) is 1.00. The van der Waals surface area contributed by atoms with Crippen molar-refractivity contribution in [2.75, 3.05) is 12.3 Å². The minimum Gasteiger partial charge on any atom is -0.392 e. The molecule has 2 N–H and O–H groups in total. The van der Waals surface area contributed by atoms with E-state index in [-0.39, 0.29) is 6.54 Å². The van der Waals surface area contributed by atoms with Crippen molar-refractivity contribution in [1.82, 2.24) is 0 Å². The van der Waals surface area contributed by atoms with E-state index in [0.29, 0.717) is 0 Å². The summed E-state index contributed by atoms with van der Waals surface area (Å²) in [6.07, 6.45) is -1.35. The van der Waals surface area contributed by atoms with Crippen LogP contribution >= 0.6 is 0 Å². The third kappa shape index (κ3) is 7.07. The highest BCUT2D eigenvalue weighted by molar-refractivity contribution is 7.85. The molecule has 0 spiro atoms. The zero-order valence-electron chi connectivity index (χ0n) is 5.45. The van der Waals surface area contributed by atoms with E-state index in [4.69, 9.17) is 15.2 Å². The summed E-state index contributed by atoms with van der Waals surface area (Å²) < 4.78 is 28.3. The van der Waals surface area contributed by atoms with Crippen LogP contribution in [0.1, 0.15) is 0 Å². The molecule has 7 nitrogen and oxygen atoms in total. The van der Waals surface area contributed by atoms with Gasteiger partial charge in [-0.3, -0.25) is 4.55 Å². The van der Waals surface area contributed by atoms with E-state index in [1.54, 1.807) is 0 Å². The SMILES string of the molecule is [N-]=[N+]=NCC(O)CS(=O)(=O)O. The molecule has 0 rings (SSSR count). The first-order chi connectivity index (χ1) is 4.95. The van der Waals surface area contributed by atoms with Crippen LogP contribution in [0.4, 0.5) is 0 Å². The molecule has 64 valence electrons. The van der Waals surface area contributed by atoms with Gasteiger partial charge in [-0.15, -0.1) is 0 Å². The maximum absolute atomic E-state index is 10.1. The third-order valence-electron chi connectivity index (χ3n) is 0.759. The molecule has 0 fully saturated rings. The molecule has 0 bridgehead atoms. The van der Waals surface area contributed by atoms with Crippen molar-refractivity contribution in [2.24, 2.45) is 5.11 Å². The van der Waals surface area contributed by atoms with Crippen molar-refractivity contribution in [1.29, 1.82) is 0 Å². The summed E-state index contributed by atoms with van der Waals surface area (Å²) in [5.74, 6) is -0.813. The summed E-state index contributed by atoms with van der Waals surface area (Å²) in [4.78, 5) is 2.29. The largest absolute Gasteiger partial charge is 0.392 e.